The smallest absolute Gasteiger partial charge is 0.140 e. The maximum Gasteiger partial charge on any atom is 0.140 e. The van der Waals surface area contributed by atoms with Gasteiger partial charge in [0.2, 0.25) is 0 Å². The van der Waals surface area contributed by atoms with Crippen LogP contribution in [0.3, 0.4) is 0 Å². The van der Waals surface area contributed by atoms with Gasteiger partial charge in [-0.15, -0.1) is 0 Å². The van der Waals surface area contributed by atoms with Crippen LogP contribution in [0.2, 0.25) is 0 Å². The number of phenolic OH excluding ortho intramolecular Hbond substituents is 1. The van der Waals surface area contributed by atoms with E-state index in [1.54, 1.807) is 6.07 Å². The third-order valence-corrected chi connectivity index (χ3v) is 7.06. The molecule has 6 nitrogen and oxygen atoms in total. The molecule has 1 aliphatic rings. The standard InChI is InChI=1S/C29H33N3O3/c1-3-35-28-7-5-4-6-24(28)26-18-31(2)29-25(26)15-22(16-30-29)21-8-9-27(34)23(14-21)17-32-12-10-20(19-33)11-13-32/h4-9,14-16,18,20,33-34H,3,10-13,17,19H2,1-2H3. The lowest BCUT2D eigenvalue weighted by molar-refractivity contribution is 0.127. The van der Waals surface area contributed by atoms with E-state index < -0.39 is 0 Å². The summed E-state index contributed by atoms with van der Waals surface area (Å²) in [4.78, 5) is 7.14. The number of rotatable bonds is 7. The van der Waals surface area contributed by atoms with Gasteiger partial charge in [0.1, 0.15) is 17.1 Å². The van der Waals surface area contributed by atoms with Gasteiger partial charge in [-0.25, -0.2) is 4.98 Å². The van der Waals surface area contributed by atoms with Crippen LogP contribution in [0.5, 0.6) is 11.5 Å². The molecule has 5 rings (SSSR count). The minimum atomic E-state index is 0.264. The molecular weight excluding hydrogens is 438 g/mol. The molecule has 4 aromatic rings. The third kappa shape index (κ3) is 4.77. The molecule has 6 heteroatoms. The molecule has 0 atom stereocenters. The molecule has 3 heterocycles. The minimum Gasteiger partial charge on any atom is -0.508 e. The van der Waals surface area contributed by atoms with E-state index in [0.29, 0.717) is 24.8 Å². The lowest BCUT2D eigenvalue weighted by Gasteiger charge is -2.31. The van der Waals surface area contributed by atoms with Gasteiger partial charge in [-0.2, -0.15) is 0 Å². The first-order valence-electron chi connectivity index (χ1n) is 12.4. The van der Waals surface area contributed by atoms with Crippen molar-refractivity contribution in [2.75, 3.05) is 26.3 Å². The number of para-hydroxylation sites is 1. The normalized spacial score (nSPS) is 15.1. The number of piperidine rings is 1. The van der Waals surface area contributed by atoms with Gasteiger partial charge < -0.3 is 19.5 Å². The van der Waals surface area contributed by atoms with Crippen molar-refractivity contribution >= 4 is 11.0 Å². The molecule has 0 amide bonds. The number of aromatic hydroxyl groups is 1. The largest absolute Gasteiger partial charge is 0.508 e. The predicted molar refractivity (Wildman–Crippen MR) is 140 cm³/mol. The molecule has 0 spiro atoms. The lowest BCUT2D eigenvalue weighted by atomic mass is 9.96. The quantitative estimate of drug-likeness (QED) is 0.387. The fraction of sp³-hybridized carbons (Fsp3) is 0.345. The first-order valence-corrected chi connectivity index (χ1v) is 12.4. The summed E-state index contributed by atoms with van der Waals surface area (Å²) >= 11 is 0. The zero-order valence-corrected chi connectivity index (χ0v) is 20.4. The molecule has 0 bridgehead atoms. The van der Waals surface area contributed by atoms with E-state index in [9.17, 15) is 10.2 Å². The predicted octanol–water partition coefficient (Wildman–Crippen LogP) is 5.22. The fourth-order valence-electron chi connectivity index (χ4n) is 5.06. The molecule has 35 heavy (non-hydrogen) atoms. The summed E-state index contributed by atoms with van der Waals surface area (Å²) in [6.45, 7) is 5.45. The number of pyridine rings is 1. The second-order valence-corrected chi connectivity index (χ2v) is 9.42. The molecule has 0 radical (unpaired) electrons. The van der Waals surface area contributed by atoms with Gasteiger partial charge >= 0.3 is 0 Å². The molecule has 2 N–H and O–H groups in total. The number of hydrogen-bond donors (Lipinski definition) is 2. The molecule has 0 aliphatic carbocycles. The van der Waals surface area contributed by atoms with Crippen LogP contribution in [0.1, 0.15) is 25.3 Å². The van der Waals surface area contributed by atoms with E-state index in [0.717, 1.165) is 70.5 Å². The van der Waals surface area contributed by atoms with Crippen LogP contribution in [0.25, 0.3) is 33.3 Å². The molecule has 1 fully saturated rings. The highest BCUT2D eigenvalue weighted by molar-refractivity contribution is 5.97. The van der Waals surface area contributed by atoms with E-state index in [-0.39, 0.29) is 6.61 Å². The Labute approximate surface area is 206 Å². The zero-order chi connectivity index (χ0) is 24.4. The number of aromatic nitrogens is 2. The first-order chi connectivity index (χ1) is 17.1. The Kier molecular flexibility index (Phi) is 6.75. The van der Waals surface area contributed by atoms with Gasteiger partial charge in [0, 0.05) is 60.2 Å². The lowest BCUT2D eigenvalue weighted by Crippen LogP contribution is -2.34. The summed E-state index contributed by atoms with van der Waals surface area (Å²) in [5.41, 5.74) is 6.02. The average molecular weight is 472 g/mol. The van der Waals surface area contributed by atoms with Gasteiger partial charge in [-0.3, -0.25) is 4.90 Å². The minimum absolute atomic E-state index is 0.264. The Hall–Kier alpha value is -3.35. The number of likely N-dealkylation sites (tertiary alicyclic amines) is 1. The Balaban J connectivity index is 1.49. The summed E-state index contributed by atoms with van der Waals surface area (Å²) in [6.07, 6.45) is 6.01. The van der Waals surface area contributed by atoms with Crippen molar-refractivity contribution in [2.45, 2.75) is 26.3 Å². The van der Waals surface area contributed by atoms with Crippen molar-refractivity contribution in [3.05, 3.63) is 66.5 Å². The third-order valence-electron chi connectivity index (χ3n) is 7.06. The summed E-state index contributed by atoms with van der Waals surface area (Å²) in [5, 5.41) is 21.0. The van der Waals surface area contributed by atoms with Crippen molar-refractivity contribution in [3.8, 4) is 33.8 Å². The zero-order valence-electron chi connectivity index (χ0n) is 20.4. The number of ether oxygens (including phenoxy) is 1. The van der Waals surface area contributed by atoms with Gasteiger partial charge in [-0.1, -0.05) is 24.3 Å². The van der Waals surface area contributed by atoms with E-state index in [1.165, 1.54) is 0 Å². The van der Waals surface area contributed by atoms with Crippen molar-refractivity contribution in [1.82, 2.24) is 14.5 Å². The van der Waals surface area contributed by atoms with Crippen molar-refractivity contribution in [2.24, 2.45) is 13.0 Å². The van der Waals surface area contributed by atoms with Crippen molar-refractivity contribution < 1.29 is 14.9 Å². The number of benzene rings is 2. The summed E-state index contributed by atoms with van der Waals surface area (Å²) < 4.78 is 7.95. The van der Waals surface area contributed by atoms with Crippen LogP contribution in [-0.2, 0) is 13.6 Å². The maximum absolute atomic E-state index is 10.6. The second kappa shape index (κ2) is 10.1. The van der Waals surface area contributed by atoms with Crippen LogP contribution >= 0.6 is 0 Å². The van der Waals surface area contributed by atoms with Crippen LogP contribution in [-0.4, -0.2) is 51.0 Å². The van der Waals surface area contributed by atoms with Crippen molar-refractivity contribution in [1.29, 1.82) is 0 Å². The van der Waals surface area contributed by atoms with E-state index in [2.05, 4.69) is 33.9 Å². The maximum atomic E-state index is 10.6. The molecule has 1 aliphatic heterocycles. The highest BCUT2D eigenvalue weighted by Gasteiger charge is 2.20. The van der Waals surface area contributed by atoms with Gasteiger partial charge in [-0.05, 0) is 68.6 Å². The van der Waals surface area contributed by atoms with E-state index in [1.807, 2.05) is 44.4 Å². The van der Waals surface area contributed by atoms with Crippen LogP contribution < -0.4 is 4.74 Å². The van der Waals surface area contributed by atoms with E-state index in [4.69, 9.17) is 9.72 Å². The summed E-state index contributed by atoms with van der Waals surface area (Å²) in [5.74, 6) is 1.58. The Morgan fingerprint density at radius 1 is 1.03 bits per heavy atom. The highest BCUT2D eigenvalue weighted by Crippen LogP contribution is 2.37. The topological polar surface area (TPSA) is 70.8 Å². The number of hydrogen-bond acceptors (Lipinski definition) is 5. The van der Waals surface area contributed by atoms with Gasteiger partial charge in [0.05, 0.1) is 6.61 Å². The highest BCUT2D eigenvalue weighted by atomic mass is 16.5. The van der Waals surface area contributed by atoms with Gasteiger partial charge in [0.25, 0.3) is 0 Å². The van der Waals surface area contributed by atoms with E-state index >= 15 is 0 Å². The molecule has 182 valence electrons. The fourth-order valence-corrected chi connectivity index (χ4v) is 5.06. The van der Waals surface area contributed by atoms with Crippen molar-refractivity contribution in [3.63, 3.8) is 0 Å². The molecule has 2 aromatic heterocycles. The van der Waals surface area contributed by atoms with Crippen LogP contribution in [0.15, 0.2) is 60.9 Å². The molecular formula is C29H33N3O3. The monoisotopic (exact) mass is 471 g/mol. The van der Waals surface area contributed by atoms with Crippen LogP contribution in [0.4, 0.5) is 0 Å². The number of nitrogens with zero attached hydrogens (tertiary/aromatic N) is 3. The number of fused-ring (bicyclic) bond motifs is 1. The second-order valence-electron chi connectivity index (χ2n) is 9.42. The van der Waals surface area contributed by atoms with Gasteiger partial charge in [0.15, 0.2) is 0 Å². The summed E-state index contributed by atoms with van der Waals surface area (Å²) in [6, 6.07) is 16.1. The molecule has 0 saturated carbocycles. The summed E-state index contributed by atoms with van der Waals surface area (Å²) in [7, 11) is 2.01. The molecule has 1 saturated heterocycles. The Morgan fingerprint density at radius 3 is 2.60 bits per heavy atom. The average Bonchev–Trinajstić information content (AvgIpc) is 3.22. The number of phenols is 1. The number of aryl methyl sites for hydroxylation is 1. The Morgan fingerprint density at radius 2 is 1.83 bits per heavy atom. The molecule has 2 aromatic carbocycles. The number of aliphatic hydroxyl groups excluding tert-OH is 1. The molecule has 0 unspecified atom stereocenters. The first kappa shape index (κ1) is 23.4. The van der Waals surface area contributed by atoms with Crippen LogP contribution in [0, 0.1) is 5.92 Å². The SMILES string of the molecule is CCOc1ccccc1-c1cn(C)c2ncc(-c3ccc(O)c(CN4CCC(CO)CC4)c3)cc12. The Bertz CT molecular complexity index is 1320. The number of aliphatic hydroxyl groups is 1.